The molecule has 1 aliphatic heterocycles. The second kappa shape index (κ2) is 11.2. The van der Waals surface area contributed by atoms with Crippen molar-refractivity contribution in [2.75, 3.05) is 42.3 Å². The number of hydrogen-bond donors (Lipinski definition) is 2. The highest BCUT2D eigenvalue weighted by Crippen LogP contribution is 2.30. The maximum Gasteiger partial charge on any atom is 0.433 e. The molecule has 9 nitrogen and oxygen atoms in total. The molecule has 1 aromatic carbocycles. The van der Waals surface area contributed by atoms with E-state index in [1.165, 1.54) is 0 Å². The normalized spacial score (nSPS) is 20.6. The van der Waals surface area contributed by atoms with E-state index in [4.69, 9.17) is 9.97 Å². The largest absolute Gasteiger partial charge is 0.433 e. The van der Waals surface area contributed by atoms with Gasteiger partial charge < -0.3 is 20.4 Å². The summed E-state index contributed by atoms with van der Waals surface area (Å²) in [5, 5.41) is 7.70. The van der Waals surface area contributed by atoms with Gasteiger partial charge in [-0.3, -0.25) is 4.79 Å². The van der Waals surface area contributed by atoms with Crippen LogP contribution in [0.15, 0.2) is 36.5 Å². The van der Waals surface area contributed by atoms with Gasteiger partial charge in [-0.05, 0) is 56.7 Å². The number of amides is 1. The fourth-order valence-corrected chi connectivity index (χ4v) is 5.35. The van der Waals surface area contributed by atoms with Crippen molar-refractivity contribution in [3.63, 3.8) is 0 Å². The molecule has 0 spiro atoms. The summed E-state index contributed by atoms with van der Waals surface area (Å²) in [5.74, 6) is 1.39. The molecule has 1 saturated carbocycles. The first-order valence-electron chi connectivity index (χ1n) is 13.3. The lowest BCUT2D eigenvalue weighted by Gasteiger charge is -2.34. The number of anilines is 3. The Balaban J connectivity index is 1.10. The lowest BCUT2D eigenvalue weighted by molar-refractivity contribution is -0.141. The molecule has 2 fully saturated rings. The van der Waals surface area contributed by atoms with Gasteiger partial charge >= 0.3 is 6.18 Å². The summed E-state index contributed by atoms with van der Waals surface area (Å²) in [6.45, 7) is 0.882. The first-order valence-corrected chi connectivity index (χ1v) is 13.3. The van der Waals surface area contributed by atoms with Gasteiger partial charge in [0.25, 0.3) is 0 Å². The number of halogens is 3. The molecule has 3 heterocycles. The van der Waals surface area contributed by atoms with E-state index >= 15 is 0 Å². The summed E-state index contributed by atoms with van der Waals surface area (Å²) < 4.78 is 39.0. The highest BCUT2D eigenvalue weighted by atomic mass is 19.4. The number of carbonyl (C=O) groups excluding carboxylic acids is 1. The van der Waals surface area contributed by atoms with Crippen LogP contribution in [-0.4, -0.2) is 65.1 Å². The fourth-order valence-electron chi connectivity index (χ4n) is 5.35. The molecule has 12 heteroatoms. The highest BCUT2D eigenvalue weighted by molar-refractivity contribution is 5.90. The number of alkyl halides is 3. The summed E-state index contributed by atoms with van der Waals surface area (Å²) in [6, 6.07) is 9.15. The Hall–Kier alpha value is -3.70. The molecule has 0 radical (unpaired) electrons. The molecule has 5 rings (SSSR count). The number of nitrogens with zero attached hydrogens (tertiary/aromatic N) is 6. The van der Waals surface area contributed by atoms with E-state index < -0.39 is 11.9 Å². The number of carbonyl (C=O) groups is 1. The summed E-state index contributed by atoms with van der Waals surface area (Å²) >= 11 is 0. The van der Waals surface area contributed by atoms with Crippen molar-refractivity contribution in [1.82, 2.24) is 25.3 Å². The Morgan fingerprint density at radius 1 is 0.949 bits per heavy atom. The monoisotopic (exact) mass is 542 g/mol. The van der Waals surface area contributed by atoms with E-state index in [2.05, 4.69) is 20.6 Å². The lowest BCUT2D eigenvalue weighted by Crippen LogP contribution is -2.46. The van der Waals surface area contributed by atoms with Gasteiger partial charge in [0.05, 0.1) is 5.52 Å². The Kier molecular flexibility index (Phi) is 7.72. The molecular weight excluding hydrogens is 509 g/mol. The first-order chi connectivity index (χ1) is 18.7. The first kappa shape index (κ1) is 26.9. The Morgan fingerprint density at radius 3 is 2.33 bits per heavy atom. The van der Waals surface area contributed by atoms with Crippen molar-refractivity contribution in [1.29, 1.82) is 0 Å². The summed E-state index contributed by atoms with van der Waals surface area (Å²) in [6.07, 6.45) is 1.21. The predicted molar refractivity (Wildman–Crippen MR) is 144 cm³/mol. The minimum atomic E-state index is -4.51. The maximum absolute atomic E-state index is 13.0. The number of aromatic nitrogens is 4. The molecular formula is C27H33F3N8O. The van der Waals surface area contributed by atoms with Crippen LogP contribution in [0.2, 0.25) is 0 Å². The number of rotatable bonds is 6. The Morgan fingerprint density at radius 2 is 1.64 bits per heavy atom. The molecule has 3 aromatic rings. The van der Waals surface area contributed by atoms with Crippen LogP contribution in [0.1, 0.15) is 44.2 Å². The Bertz CT molecular complexity index is 1300. The molecule has 0 unspecified atom stereocenters. The van der Waals surface area contributed by atoms with Gasteiger partial charge in [0.2, 0.25) is 17.8 Å². The molecule has 1 amide bonds. The van der Waals surface area contributed by atoms with Crippen LogP contribution in [-0.2, 0) is 11.0 Å². The predicted octanol–water partition coefficient (Wildman–Crippen LogP) is 4.26. The van der Waals surface area contributed by atoms with E-state index in [-0.39, 0.29) is 29.9 Å². The van der Waals surface area contributed by atoms with Crippen molar-refractivity contribution in [3.8, 4) is 0 Å². The van der Waals surface area contributed by atoms with Crippen molar-refractivity contribution in [2.45, 2.75) is 56.8 Å². The van der Waals surface area contributed by atoms with Gasteiger partial charge in [-0.1, -0.05) is 12.1 Å². The second-order valence-corrected chi connectivity index (χ2v) is 10.5. The molecule has 0 atom stereocenters. The summed E-state index contributed by atoms with van der Waals surface area (Å²) in [4.78, 5) is 33.7. The molecule has 2 N–H and O–H groups in total. The molecule has 39 heavy (non-hydrogen) atoms. The third-order valence-corrected chi connectivity index (χ3v) is 7.50. The zero-order chi connectivity index (χ0) is 27.6. The third-order valence-electron chi connectivity index (χ3n) is 7.50. The smallest absolute Gasteiger partial charge is 0.362 e. The zero-order valence-electron chi connectivity index (χ0n) is 22.1. The van der Waals surface area contributed by atoms with Gasteiger partial charge in [0.1, 0.15) is 11.5 Å². The van der Waals surface area contributed by atoms with Gasteiger partial charge in [-0.15, -0.1) is 0 Å². The highest BCUT2D eigenvalue weighted by Gasteiger charge is 2.34. The van der Waals surface area contributed by atoms with Gasteiger partial charge in [0.15, 0.2) is 0 Å². The average Bonchev–Trinajstić information content (AvgIpc) is 2.93. The van der Waals surface area contributed by atoms with Crippen molar-refractivity contribution in [3.05, 3.63) is 42.2 Å². The standard InChI is InChI=1S/C27H33F3N8O/c1-37(2)23-20-5-3-4-6-21(20)34-25(36-23)33-19-9-7-18(8-10-19)32-24(39)17-12-15-38(16-13-17)26-31-14-11-22(35-26)27(28,29)30/h3-6,11,14,17-19H,7-10,12-13,15-16H2,1-2H3,(H,32,39)(H,33,34,36)/t18-,19+. The maximum atomic E-state index is 13.0. The van der Waals surface area contributed by atoms with Crippen LogP contribution < -0.4 is 20.4 Å². The third kappa shape index (κ3) is 6.31. The Labute approximate surface area is 225 Å². The average molecular weight is 543 g/mol. The van der Waals surface area contributed by atoms with Crippen LogP contribution in [0, 0.1) is 5.92 Å². The van der Waals surface area contributed by atoms with E-state index in [0.717, 1.165) is 54.7 Å². The second-order valence-electron chi connectivity index (χ2n) is 10.5. The molecule has 208 valence electrons. The number of para-hydroxylation sites is 1. The zero-order valence-corrected chi connectivity index (χ0v) is 22.1. The van der Waals surface area contributed by atoms with Gasteiger partial charge in [-0.2, -0.15) is 18.2 Å². The van der Waals surface area contributed by atoms with Crippen LogP contribution in [0.5, 0.6) is 0 Å². The number of hydrogen-bond acceptors (Lipinski definition) is 8. The van der Waals surface area contributed by atoms with Gasteiger partial charge in [0, 0.05) is 56.8 Å². The number of benzene rings is 1. The molecule has 1 aliphatic carbocycles. The van der Waals surface area contributed by atoms with Crippen molar-refractivity contribution >= 4 is 34.5 Å². The number of fused-ring (bicyclic) bond motifs is 1. The topological polar surface area (TPSA) is 99.2 Å². The fraction of sp³-hybridized carbons (Fsp3) is 0.519. The van der Waals surface area contributed by atoms with Crippen LogP contribution in [0.25, 0.3) is 10.9 Å². The van der Waals surface area contributed by atoms with E-state index in [0.29, 0.717) is 31.9 Å². The lowest BCUT2D eigenvalue weighted by atomic mass is 9.90. The minimum Gasteiger partial charge on any atom is -0.362 e. The van der Waals surface area contributed by atoms with Crippen molar-refractivity contribution in [2.24, 2.45) is 5.92 Å². The van der Waals surface area contributed by atoms with Gasteiger partial charge in [-0.25, -0.2) is 15.0 Å². The van der Waals surface area contributed by atoms with Crippen molar-refractivity contribution < 1.29 is 18.0 Å². The quantitative estimate of drug-likeness (QED) is 0.477. The van der Waals surface area contributed by atoms with Crippen LogP contribution in [0.4, 0.5) is 30.9 Å². The number of nitrogens with one attached hydrogen (secondary N) is 2. The van der Waals surface area contributed by atoms with E-state index in [9.17, 15) is 18.0 Å². The molecule has 2 aromatic heterocycles. The van der Waals surface area contributed by atoms with E-state index in [1.54, 1.807) is 4.90 Å². The van der Waals surface area contributed by atoms with Crippen LogP contribution >= 0.6 is 0 Å². The summed E-state index contributed by atoms with van der Waals surface area (Å²) in [5.41, 5.74) is -0.0620. The van der Waals surface area contributed by atoms with Crippen LogP contribution in [0.3, 0.4) is 0 Å². The molecule has 2 aliphatic rings. The number of piperidine rings is 1. The SMILES string of the molecule is CN(C)c1nc(N[C@H]2CC[C@@H](NC(=O)C3CCN(c4nccc(C(F)(F)F)n4)CC3)CC2)nc2ccccc12. The summed E-state index contributed by atoms with van der Waals surface area (Å²) in [7, 11) is 3.94. The molecule has 1 saturated heterocycles. The van der Waals surface area contributed by atoms with E-state index in [1.807, 2.05) is 43.3 Å². The molecule has 0 bridgehead atoms. The minimum absolute atomic E-state index is 0.0181.